The zero-order chi connectivity index (χ0) is 33.6. The summed E-state index contributed by atoms with van der Waals surface area (Å²) in [5.74, 6) is -0.597. The van der Waals surface area contributed by atoms with Crippen LogP contribution in [-0.4, -0.2) is 70.4 Å². The summed E-state index contributed by atoms with van der Waals surface area (Å²) >= 11 is 6.92. The molecule has 0 aliphatic carbocycles. The molecule has 0 radical (unpaired) electrons. The van der Waals surface area contributed by atoms with Crippen molar-refractivity contribution in [1.29, 1.82) is 0 Å². The van der Waals surface area contributed by atoms with Crippen molar-refractivity contribution in [2.24, 2.45) is 0 Å². The van der Waals surface area contributed by atoms with Gasteiger partial charge in [-0.2, -0.15) is 5.10 Å². The van der Waals surface area contributed by atoms with Gasteiger partial charge in [0.05, 0.1) is 23.0 Å². The lowest BCUT2D eigenvalue weighted by Crippen LogP contribution is -2.34. The van der Waals surface area contributed by atoms with Gasteiger partial charge < -0.3 is 31.3 Å². The van der Waals surface area contributed by atoms with E-state index in [-0.39, 0.29) is 36.1 Å². The number of carbonyl (C=O) groups is 3. The van der Waals surface area contributed by atoms with Crippen molar-refractivity contribution in [2.75, 3.05) is 43.0 Å². The Labute approximate surface area is 283 Å². The number of benzene rings is 2. The minimum absolute atomic E-state index is 0.0475. The third-order valence-electron chi connectivity index (χ3n) is 8.62. The second-order valence-electron chi connectivity index (χ2n) is 11.9. The molecule has 2 aromatic heterocycles. The molecular weight excluding hydrogens is 632 g/mol. The lowest BCUT2D eigenvalue weighted by atomic mass is 9.97. The van der Waals surface area contributed by atoms with E-state index in [1.54, 1.807) is 23.2 Å². The number of anilines is 2. The van der Waals surface area contributed by atoms with Gasteiger partial charge in [-0.05, 0) is 60.2 Å². The Kier molecular flexibility index (Phi) is 10.5. The number of carbonyl (C=O) groups excluding carboxylic acids is 3. The van der Waals surface area contributed by atoms with Gasteiger partial charge in [0.25, 0.3) is 11.8 Å². The SMILES string of the molecule is CC(=O)NCCNC1CCCn2nc(C(=O)N3CCc4c(-c5cccc(NC(=O)c6ccc(CNCCO)cn6)c5Cl)cccc43)cc21. The molecule has 1 unspecified atom stereocenters. The van der Waals surface area contributed by atoms with Crippen LogP contribution in [0.4, 0.5) is 11.4 Å². The molecule has 2 aromatic carbocycles. The van der Waals surface area contributed by atoms with Crippen LogP contribution in [0.1, 0.15) is 63.6 Å². The maximum atomic E-state index is 13.9. The fourth-order valence-corrected chi connectivity index (χ4v) is 6.59. The van der Waals surface area contributed by atoms with Gasteiger partial charge >= 0.3 is 0 Å². The van der Waals surface area contributed by atoms with Gasteiger partial charge in [0.2, 0.25) is 5.91 Å². The number of nitrogens with zero attached hydrogens (tertiary/aromatic N) is 4. The number of nitrogens with one attached hydrogen (secondary N) is 4. The van der Waals surface area contributed by atoms with Crippen molar-refractivity contribution >= 4 is 40.7 Å². The molecule has 12 nitrogen and oxygen atoms in total. The van der Waals surface area contributed by atoms with E-state index >= 15 is 0 Å². The molecule has 2 aliphatic heterocycles. The van der Waals surface area contributed by atoms with Crippen molar-refractivity contribution in [1.82, 2.24) is 30.7 Å². The topological polar surface area (TPSA) is 154 Å². The first-order valence-electron chi connectivity index (χ1n) is 16.2. The fraction of sp³-hybridized carbons (Fsp3) is 0.343. The first-order chi connectivity index (χ1) is 23.3. The third kappa shape index (κ3) is 7.26. The number of aromatic nitrogens is 3. The van der Waals surface area contributed by atoms with Gasteiger partial charge in [-0.1, -0.05) is 41.9 Å². The number of rotatable bonds is 12. The third-order valence-corrected chi connectivity index (χ3v) is 9.03. The Bertz CT molecular complexity index is 1810. The molecule has 6 rings (SSSR count). The molecule has 0 bridgehead atoms. The number of aliphatic hydroxyl groups is 1. The molecule has 0 saturated carbocycles. The van der Waals surface area contributed by atoms with Crippen molar-refractivity contribution in [3.63, 3.8) is 0 Å². The zero-order valence-electron chi connectivity index (χ0n) is 26.8. The van der Waals surface area contributed by atoms with Crippen LogP contribution >= 0.6 is 11.6 Å². The van der Waals surface area contributed by atoms with Gasteiger partial charge in [0, 0.05) is 69.7 Å². The van der Waals surface area contributed by atoms with Gasteiger partial charge in [0.15, 0.2) is 5.69 Å². The van der Waals surface area contributed by atoms with E-state index in [4.69, 9.17) is 21.8 Å². The minimum atomic E-state index is -0.382. The van der Waals surface area contributed by atoms with E-state index < -0.39 is 0 Å². The van der Waals surface area contributed by atoms with Crippen LogP contribution in [0.2, 0.25) is 5.02 Å². The number of hydrogen-bond donors (Lipinski definition) is 5. The maximum absolute atomic E-state index is 13.9. The predicted octanol–water partition coefficient (Wildman–Crippen LogP) is 3.70. The van der Waals surface area contributed by atoms with Gasteiger partial charge in [-0.15, -0.1) is 0 Å². The summed E-state index contributed by atoms with van der Waals surface area (Å²) in [7, 11) is 0. The highest BCUT2D eigenvalue weighted by molar-refractivity contribution is 6.36. The molecule has 4 aromatic rings. The molecule has 4 heterocycles. The first kappa shape index (κ1) is 33.3. The van der Waals surface area contributed by atoms with Crippen LogP contribution in [0, 0.1) is 0 Å². The average molecular weight is 671 g/mol. The molecule has 0 fully saturated rings. The van der Waals surface area contributed by atoms with Gasteiger partial charge in [0.1, 0.15) is 5.69 Å². The molecule has 48 heavy (non-hydrogen) atoms. The summed E-state index contributed by atoms with van der Waals surface area (Å²) in [5.41, 5.74) is 6.47. The van der Waals surface area contributed by atoms with E-state index in [1.165, 1.54) is 6.92 Å². The van der Waals surface area contributed by atoms with Crippen LogP contribution in [0.15, 0.2) is 60.8 Å². The highest BCUT2D eigenvalue weighted by Crippen LogP contribution is 2.41. The Balaban J connectivity index is 1.17. The molecule has 3 amide bonds. The normalized spacial score (nSPS) is 15.1. The molecule has 250 valence electrons. The van der Waals surface area contributed by atoms with E-state index in [0.29, 0.717) is 55.5 Å². The summed E-state index contributed by atoms with van der Waals surface area (Å²) in [4.78, 5) is 44.2. The zero-order valence-corrected chi connectivity index (χ0v) is 27.5. The van der Waals surface area contributed by atoms with Crippen LogP contribution in [0.25, 0.3) is 11.1 Å². The number of amides is 3. The second kappa shape index (κ2) is 15.1. The smallest absolute Gasteiger partial charge is 0.278 e. The number of aliphatic hydroxyl groups excluding tert-OH is 1. The number of hydrogen-bond acceptors (Lipinski definition) is 8. The average Bonchev–Trinajstić information content (AvgIpc) is 3.73. The van der Waals surface area contributed by atoms with Crippen LogP contribution in [0.5, 0.6) is 0 Å². The van der Waals surface area contributed by atoms with Gasteiger partial charge in [-0.25, -0.2) is 0 Å². The van der Waals surface area contributed by atoms with Crippen molar-refractivity contribution in [2.45, 2.75) is 45.3 Å². The van der Waals surface area contributed by atoms with Gasteiger partial charge in [-0.3, -0.25) is 24.0 Å². The summed E-state index contributed by atoms with van der Waals surface area (Å²) in [6, 6.07) is 16.8. The monoisotopic (exact) mass is 670 g/mol. The molecule has 1 atom stereocenters. The first-order valence-corrected chi connectivity index (χ1v) is 16.6. The highest BCUT2D eigenvalue weighted by Gasteiger charge is 2.32. The standard InChI is InChI=1S/C35H39ClN8O4/c1-22(46)38-13-14-39-27-8-4-16-44-32(27)19-30(42-44)35(48)43-17-12-25-24(5-3-9-31(25)43)26-6-2-7-28(33(26)36)41-34(47)29-11-10-23(21-40-29)20-37-15-18-45/h2-3,5-7,9-11,19,21,27,37,39,45H,4,8,12-18,20H2,1H3,(H,38,46)(H,41,47). The van der Waals surface area contributed by atoms with E-state index in [2.05, 4.69) is 26.3 Å². The van der Waals surface area contributed by atoms with Crippen LogP contribution in [0.3, 0.4) is 0 Å². The van der Waals surface area contributed by atoms with E-state index in [1.807, 2.05) is 47.1 Å². The van der Waals surface area contributed by atoms with E-state index in [0.717, 1.165) is 53.0 Å². The van der Waals surface area contributed by atoms with Crippen molar-refractivity contribution in [3.8, 4) is 11.1 Å². The Hall–Kier alpha value is -4.62. The lowest BCUT2D eigenvalue weighted by molar-refractivity contribution is -0.118. The number of fused-ring (bicyclic) bond motifs is 2. The second-order valence-corrected chi connectivity index (χ2v) is 12.3. The largest absolute Gasteiger partial charge is 0.395 e. The molecular formula is C35H39ClN8O4. The summed E-state index contributed by atoms with van der Waals surface area (Å²) in [6.45, 7) is 4.99. The van der Waals surface area contributed by atoms with Crippen molar-refractivity contribution < 1.29 is 19.5 Å². The Morgan fingerprint density at radius 2 is 1.83 bits per heavy atom. The van der Waals surface area contributed by atoms with E-state index in [9.17, 15) is 14.4 Å². The quantitative estimate of drug-likeness (QED) is 0.143. The molecule has 5 N–H and O–H groups in total. The predicted molar refractivity (Wildman–Crippen MR) is 184 cm³/mol. The van der Waals surface area contributed by atoms with Crippen LogP contribution < -0.4 is 26.2 Å². The molecule has 2 aliphatic rings. The number of pyridine rings is 1. The molecule has 13 heteroatoms. The maximum Gasteiger partial charge on any atom is 0.278 e. The summed E-state index contributed by atoms with van der Waals surface area (Å²) in [6.07, 6.45) is 4.15. The summed E-state index contributed by atoms with van der Waals surface area (Å²) in [5, 5.41) is 26.3. The summed E-state index contributed by atoms with van der Waals surface area (Å²) < 4.78 is 1.92. The Morgan fingerprint density at radius 3 is 2.62 bits per heavy atom. The number of halogens is 1. The minimum Gasteiger partial charge on any atom is -0.395 e. The highest BCUT2D eigenvalue weighted by atomic mass is 35.5. The lowest BCUT2D eigenvalue weighted by Gasteiger charge is -2.24. The molecule has 0 spiro atoms. The van der Waals surface area contributed by atoms with Crippen LogP contribution in [-0.2, 0) is 24.3 Å². The fourth-order valence-electron chi connectivity index (χ4n) is 6.31. The molecule has 0 saturated heterocycles. The number of aryl methyl sites for hydroxylation is 1. The van der Waals surface area contributed by atoms with Crippen molar-refractivity contribution in [3.05, 3.63) is 94.0 Å². The Morgan fingerprint density at radius 1 is 1.00 bits per heavy atom.